The molecule has 0 aliphatic carbocycles. The van der Waals surface area contributed by atoms with E-state index in [4.69, 9.17) is 10.5 Å². The zero-order valence-electron chi connectivity index (χ0n) is 16.6. The van der Waals surface area contributed by atoms with Crippen LogP contribution in [0.25, 0.3) is 22.0 Å². The standard InChI is InChI=1S/C22H25F2N3O/c1-13(10-22(3,4)25)12-28-21-14(2)7-15(11-27-21)17-5-6-26-19-9-16(23)8-18(24)20(17)19/h5-9,11,13H,10,12,25H2,1-4H3/t13-/m0/s1. The second-order valence-corrected chi connectivity index (χ2v) is 8.10. The molecule has 2 aromatic heterocycles. The lowest BCUT2D eigenvalue weighted by Gasteiger charge is -2.23. The molecule has 4 nitrogen and oxygen atoms in total. The third-order valence-corrected chi connectivity index (χ3v) is 4.48. The number of aromatic nitrogens is 2. The Hall–Kier alpha value is -2.60. The van der Waals surface area contributed by atoms with Crippen molar-refractivity contribution in [2.24, 2.45) is 11.7 Å². The van der Waals surface area contributed by atoms with Gasteiger partial charge in [-0.05, 0) is 50.8 Å². The van der Waals surface area contributed by atoms with Crippen LogP contribution in [-0.4, -0.2) is 22.1 Å². The number of hydrogen-bond donors (Lipinski definition) is 1. The van der Waals surface area contributed by atoms with E-state index < -0.39 is 11.6 Å². The molecule has 1 aromatic carbocycles. The van der Waals surface area contributed by atoms with Crippen LogP contribution in [-0.2, 0) is 0 Å². The number of rotatable bonds is 6. The van der Waals surface area contributed by atoms with Crippen LogP contribution in [0.4, 0.5) is 8.78 Å². The van der Waals surface area contributed by atoms with Crippen LogP contribution in [0.3, 0.4) is 0 Å². The molecular formula is C22H25F2N3O. The summed E-state index contributed by atoms with van der Waals surface area (Å²) in [6.07, 6.45) is 4.01. The number of halogens is 2. The third-order valence-electron chi connectivity index (χ3n) is 4.48. The van der Waals surface area contributed by atoms with Gasteiger partial charge in [0, 0.05) is 46.6 Å². The Labute approximate surface area is 163 Å². The number of aryl methyl sites for hydroxylation is 1. The summed E-state index contributed by atoms with van der Waals surface area (Å²) in [5, 5.41) is 0.276. The Kier molecular flexibility index (Phi) is 5.61. The normalized spacial score (nSPS) is 13.0. The quantitative estimate of drug-likeness (QED) is 0.647. The van der Waals surface area contributed by atoms with Gasteiger partial charge >= 0.3 is 0 Å². The van der Waals surface area contributed by atoms with Crippen LogP contribution in [0.15, 0.2) is 36.7 Å². The minimum Gasteiger partial charge on any atom is -0.477 e. The average Bonchev–Trinajstić information content (AvgIpc) is 2.58. The van der Waals surface area contributed by atoms with Gasteiger partial charge in [-0.1, -0.05) is 6.92 Å². The minimum atomic E-state index is -0.650. The minimum absolute atomic E-state index is 0.249. The van der Waals surface area contributed by atoms with Gasteiger partial charge in [-0.3, -0.25) is 4.98 Å². The van der Waals surface area contributed by atoms with E-state index in [1.54, 1.807) is 12.3 Å². The number of hydrogen-bond acceptors (Lipinski definition) is 4. The predicted molar refractivity (Wildman–Crippen MR) is 107 cm³/mol. The summed E-state index contributed by atoms with van der Waals surface area (Å²) in [5.74, 6) is -0.471. The van der Waals surface area contributed by atoms with Crippen molar-refractivity contribution in [1.82, 2.24) is 9.97 Å². The Morgan fingerprint density at radius 2 is 1.93 bits per heavy atom. The van der Waals surface area contributed by atoms with Crippen molar-refractivity contribution in [3.63, 3.8) is 0 Å². The molecule has 0 aliphatic rings. The number of nitrogens with two attached hydrogens (primary N) is 1. The lowest BCUT2D eigenvalue weighted by atomic mass is 9.93. The van der Waals surface area contributed by atoms with Gasteiger partial charge in [0.25, 0.3) is 0 Å². The maximum atomic E-state index is 14.4. The van der Waals surface area contributed by atoms with Crippen molar-refractivity contribution in [1.29, 1.82) is 0 Å². The highest BCUT2D eigenvalue weighted by atomic mass is 19.1. The molecule has 0 fully saturated rings. The van der Waals surface area contributed by atoms with Gasteiger partial charge in [0.05, 0.1) is 12.1 Å². The van der Waals surface area contributed by atoms with Crippen molar-refractivity contribution in [2.45, 2.75) is 39.7 Å². The van der Waals surface area contributed by atoms with Crippen molar-refractivity contribution >= 4 is 10.9 Å². The Morgan fingerprint density at radius 3 is 2.61 bits per heavy atom. The van der Waals surface area contributed by atoms with Gasteiger partial charge in [0.1, 0.15) is 11.6 Å². The molecule has 2 N–H and O–H groups in total. The van der Waals surface area contributed by atoms with Gasteiger partial charge < -0.3 is 10.5 Å². The van der Waals surface area contributed by atoms with E-state index in [1.165, 1.54) is 12.3 Å². The third kappa shape index (κ3) is 4.62. The summed E-state index contributed by atoms with van der Waals surface area (Å²) in [6, 6.07) is 5.68. The lowest BCUT2D eigenvalue weighted by molar-refractivity contribution is 0.221. The first kappa shape index (κ1) is 20.1. The predicted octanol–water partition coefficient (Wildman–Crippen LogP) is 5.03. The molecule has 2 heterocycles. The second kappa shape index (κ2) is 7.80. The van der Waals surface area contributed by atoms with Crippen LogP contribution in [0, 0.1) is 24.5 Å². The summed E-state index contributed by atoms with van der Waals surface area (Å²) < 4.78 is 33.7. The van der Waals surface area contributed by atoms with Crippen molar-refractivity contribution in [3.05, 3.63) is 53.9 Å². The smallest absolute Gasteiger partial charge is 0.216 e. The van der Waals surface area contributed by atoms with E-state index in [2.05, 4.69) is 16.9 Å². The van der Waals surface area contributed by atoms with Crippen LogP contribution in [0.1, 0.15) is 32.8 Å². The molecule has 0 saturated heterocycles. The van der Waals surface area contributed by atoms with E-state index in [0.29, 0.717) is 18.1 Å². The molecular weight excluding hydrogens is 360 g/mol. The highest BCUT2D eigenvalue weighted by Crippen LogP contribution is 2.31. The molecule has 3 rings (SSSR count). The van der Waals surface area contributed by atoms with Gasteiger partial charge in [0.15, 0.2) is 0 Å². The summed E-state index contributed by atoms with van der Waals surface area (Å²) in [6.45, 7) is 8.48. The molecule has 0 unspecified atom stereocenters. The fourth-order valence-electron chi connectivity index (χ4n) is 3.48. The highest BCUT2D eigenvalue weighted by Gasteiger charge is 2.17. The maximum absolute atomic E-state index is 14.4. The van der Waals surface area contributed by atoms with E-state index >= 15 is 0 Å². The number of pyridine rings is 2. The van der Waals surface area contributed by atoms with Crippen LogP contribution < -0.4 is 10.5 Å². The maximum Gasteiger partial charge on any atom is 0.216 e. The van der Waals surface area contributed by atoms with Gasteiger partial charge in [-0.2, -0.15) is 0 Å². The summed E-state index contributed by atoms with van der Waals surface area (Å²) in [7, 11) is 0. The molecule has 6 heteroatoms. The Morgan fingerprint density at radius 1 is 1.18 bits per heavy atom. The van der Waals surface area contributed by atoms with E-state index in [9.17, 15) is 8.78 Å². The SMILES string of the molecule is Cc1cc(-c2ccnc3cc(F)cc(F)c23)cnc1OC[C@@H](C)CC(C)(C)N. The number of ether oxygens (including phenoxy) is 1. The average molecular weight is 385 g/mol. The van der Waals surface area contributed by atoms with Crippen LogP contribution >= 0.6 is 0 Å². The molecule has 0 radical (unpaired) electrons. The van der Waals surface area contributed by atoms with Crippen molar-refractivity contribution in [3.8, 4) is 17.0 Å². The monoisotopic (exact) mass is 385 g/mol. The first-order valence-electron chi connectivity index (χ1n) is 9.26. The fraction of sp³-hybridized carbons (Fsp3) is 0.364. The molecule has 0 bridgehead atoms. The Bertz CT molecular complexity index is 999. The molecule has 28 heavy (non-hydrogen) atoms. The van der Waals surface area contributed by atoms with E-state index in [-0.39, 0.29) is 22.4 Å². The molecule has 148 valence electrons. The van der Waals surface area contributed by atoms with Gasteiger partial charge in [-0.25, -0.2) is 13.8 Å². The summed E-state index contributed by atoms with van der Waals surface area (Å²) >= 11 is 0. The van der Waals surface area contributed by atoms with E-state index in [1.807, 2.05) is 26.8 Å². The van der Waals surface area contributed by atoms with Gasteiger partial charge in [-0.15, -0.1) is 0 Å². The first-order chi connectivity index (χ1) is 13.1. The molecule has 0 aliphatic heterocycles. The topological polar surface area (TPSA) is 61.0 Å². The van der Waals surface area contributed by atoms with Crippen molar-refractivity contribution in [2.75, 3.05) is 6.61 Å². The molecule has 1 atom stereocenters. The van der Waals surface area contributed by atoms with Crippen LogP contribution in [0.5, 0.6) is 5.88 Å². The first-order valence-corrected chi connectivity index (χ1v) is 9.26. The van der Waals surface area contributed by atoms with Gasteiger partial charge in [0.2, 0.25) is 5.88 Å². The fourth-order valence-corrected chi connectivity index (χ4v) is 3.48. The molecule has 0 amide bonds. The largest absolute Gasteiger partial charge is 0.477 e. The zero-order chi connectivity index (χ0) is 20.5. The summed E-state index contributed by atoms with van der Waals surface area (Å²) in [4.78, 5) is 8.48. The molecule has 0 spiro atoms. The second-order valence-electron chi connectivity index (χ2n) is 8.10. The number of fused-ring (bicyclic) bond motifs is 1. The van der Waals surface area contributed by atoms with Crippen molar-refractivity contribution < 1.29 is 13.5 Å². The molecule has 3 aromatic rings. The lowest BCUT2D eigenvalue weighted by Crippen LogP contribution is -2.35. The number of benzene rings is 1. The summed E-state index contributed by atoms with van der Waals surface area (Å²) in [5.41, 5.74) is 8.25. The Balaban J connectivity index is 1.86. The zero-order valence-corrected chi connectivity index (χ0v) is 16.6. The molecule has 0 saturated carbocycles. The van der Waals surface area contributed by atoms with E-state index in [0.717, 1.165) is 23.6 Å². The van der Waals surface area contributed by atoms with Crippen LogP contribution in [0.2, 0.25) is 0 Å². The number of nitrogens with zero attached hydrogens (tertiary/aromatic N) is 2. The highest BCUT2D eigenvalue weighted by molar-refractivity contribution is 5.94.